The van der Waals surface area contributed by atoms with Crippen LogP contribution in [0.2, 0.25) is 0 Å². The molecule has 3 aromatic rings. The van der Waals surface area contributed by atoms with Crippen molar-refractivity contribution in [2.45, 2.75) is 91.3 Å². The molecule has 0 saturated carbocycles. The van der Waals surface area contributed by atoms with E-state index in [9.17, 15) is 14.0 Å². The van der Waals surface area contributed by atoms with Crippen molar-refractivity contribution in [1.82, 2.24) is 5.32 Å². The third kappa shape index (κ3) is 7.79. The highest BCUT2D eigenvalue weighted by molar-refractivity contribution is 5.96. The summed E-state index contributed by atoms with van der Waals surface area (Å²) in [5.74, 6) is -0.608. The molecule has 6 nitrogen and oxygen atoms in total. The molecule has 1 aliphatic heterocycles. The lowest BCUT2D eigenvalue weighted by Gasteiger charge is -2.29. The molecule has 0 saturated heterocycles. The molecule has 0 bridgehead atoms. The van der Waals surface area contributed by atoms with Crippen molar-refractivity contribution in [2.24, 2.45) is 5.92 Å². The fourth-order valence-electron chi connectivity index (χ4n) is 6.02. The number of rotatable bonds is 13. The molecule has 1 heterocycles. The van der Waals surface area contributed by atoms with Crippen molar-refractivity contribution in [3.63, 3.8) is 0 Å². The Balaban J connectivity index is 1.54. The van der Waals surface area contributed by atoms with Gasteiger partial charge in [-0.3, -0.25) is 4.79 Å². The van der Waals surface area contributed by atoms with Gasteiger partial charge >= 0.3 is 5.97 Å². The maximum absolute atomic E-state index is 14.6. The maximum atomic E-state index is 14.6. The zero-order valence-electron chi connectivity index (χ0n) is 27.2. The monoisotopic (exact) mass is 602 g/mol. The van der Waals surface area contributed by atoms with Crippen LogP contribution in [0.3, 0.4) is 0 Å². The lowest BCUT2D eigenvalue weighted by atomic mass is 9.88. The summed E-state index contributed by atoms with van der Waals surface area (Å²) in [6.45, 7) is 13.2. The highest BCUT2D eigenvalue weighted by Gasteiger charge is 2.36. The minimum absolute atomic E-state index is 0.0297. The van der Waals surface area contributed by atoms with Crippen LogP contribution in [0.25, 0.3) is 0 Å². The molecule has 7 heteroatoms. The number of hydrogen-bond acceptors (Lipinski definition) is 5. The molecule has 0 spiro atoms. The van der Waals surface area contributed by atoms with Gasteiger partial charge in [0.2, 0.25) is 0 Å². The molecule has 236 valence electrons. The second kappa shape index (κ2) is 14.7. The van der Waals surface area contributed by atoms with Gasteiger partial charge in [0.1, 0.15) is 0 Å². The smallest absolute Gasteiger partial charge is 0.346 e. The quantitative estimate of drug-likeness (QED) is 0.202. The topological polar surface area (TPSA) is 67.9 Å². The van der Waals surface area contributed by atoms with Crippen LogP contribution in [0.15, 0.2) is 60.7 Å². The second-order valence-electron chi connectivity index (χ2n) is 12.5. The molecule has 3 aromatic carbocycles. The Bertz CT molecular complexity index is 1440. The molecule has 2 unspecified atom stereocenters. The molecule has 4 rings (SSSR count). The minimum Gasteiger partial charge on any atom is -0.476 e. The van der Waals surface area contributed by atoms with E-state index in [1.165, 1.54) is 44.1 Å². The van der Waals surface area contributed by atoms with Gasteiger partial charge in [0.05, 0.1) is 13.2 Å². The number of carbonyl (C=O) groups is 2. The predicted molar refractivity (Wildman–Crippen MR) is 174 cm³/mol. The van der Waals surface area contributed by atoms with Gasteiger partial charge in [0.25, 0.3) is 5.91 Å². The fraction of sp³-hybridized carbons (Fsp3) is 0.459. The Kier molecular flexibility index (Phi) is 11.1. The third-order valence-corrected chi connectivity index (χ3v) is 8.57. The van der Waals surface area contributed by atoms with E-state index in [1.807, 2.05) is 19.1 Å². The number of hydrogen-bond donors (Lipinski definition) is 1. The summed E-state index contributed by atoms with van der Waals surface area (Å²) in [4.78, 5) is 27.7. The number of halogens is 1. The Morgan fingerprint density at radius 2 is 1.68 bits per heavy atom. The van der Waals surface area contributed by atoms with Gasteiger partial charge in [-0.05, 0) is 92.5 Å². The van der Waals surface area contributed by atoms with Gasteiger partial charge in [0.15, 0.2) is 17.7 Å². The highest BCUT2D eigenvalue weighted by Crippen LogP contribution is 2.44. The number of aryl methyl sites for hydroxylation is 1. The third-order valence-electron chi connectivity index (χ3n) is 8.57. The normalized spacial score (nSPS) is 17.2. The number of ether oxygens (including phenoxy) is 2. The predicted octanol–water partition coefficient (Wildman–Crippen LogP) is 7.79. The molecule has 0 radical (unpaired) electrons. The Morgan fingerprint density at radius 1 is 0.977 bits per heavy atom. The van der Waals surface area contributed by atoms with Gasteiger partial charge in [-0.15, -0.1) is 0 Å². The largest absolute Gasteiger partial charge is 0.476 e. The summed E-state index contributed by atoms with van der Waals surface area (Å²) < 4.78 is 24.9. The summed E-state index contributed by atoms with van der Waals surface area (Å²) >= 11 is 0. The van der Waals surface area contributed by atoms with Crippen LogP contribution < -0.4 is 15.0 Å². The van der Waals surface area contributed by atoms with Gasteiger partial charge < -0.3 is 19.7 Å². The molecular weight excluding hydrogens is 555 g/mol. The Morgan fingerprint density at radius 3 is 2.34 bits per heavy atom. The summed E-state index contributed by atoms with van der Waals surface area (Å²) in [6.07, 6.45) is 3.15. The standard InChI is InChI=1S/C37H47FN2O4/c1-8-9-10-27-11-14-29(15-12-27)24(4)39-36(41)30-16-17-31-32(25(5)40(22-23(2)3)34(31)21-30)19-28-13-18-33(38)35(20-28)44-26(6)37(42)43-7/h11-18,20-21,23-26,32H,8-10,19,22H2,1-7H3,(H,39,41)/t24-,25?,26+,32?/m0/s1. The van der Waals surface area contributed by atoms with E-state index in [4.69, 9.17) is 9.47 Å². The number of esters is 1. The van der Waals surface area contributed by atoms with Crippen LogP contribution in [-0.4, -0.2) is 37.7 Å². The molecule has 0 fully saturated rings. The number of nitrogens with zero attached hydrogens (tertiary/aromatic N) is 1. The number of amides is 1. The first-order valence-corrected chi connectivity index (χ1v) is 15.9. The highest BCUT2D eigenvalue weighted by atomic mass is 19.1. The Hall–Kier alpha value is -3.87. The number of methoxy groups -OCH3 is 1. The van der Waals surface area contributed by atoms with E-state index < -0.39 is 17.9 Å². The lowest BCUT2D eigenvalue weighted by Crippen LogP contribution is -2.35. The minimum atomic E-state index is -0.921. The van der Waals surface area contributed by atoms with Crippen LogP contribution in [0, 0.1) is 11.7 Å². The number of anilines is 1. The van der Waals surface area contributed by atoms with Gasteiger partial charge in [0, 0.05) is 29.8 Å². The van der Waals surface area contributed by atoms with Crippen molar-refractivity contribution in [2.75, 3.05) is 18.6 Å². The molecule has 1 aliphatic rings. The second-order valence-corrected chi connectivity index (χ2v) is 12.5. The van der Waals surface area contributed by atoms with Crippen LogP contribution >= 0.6 is 0 Å². The first kappa shape index (κ1) is 33.0. The van der Waals surface area contributed by atoms with Crippen LogP contribution in [-0.2, 0) is 22.4 Å². The summed E-state index contributed by atoms with van der Waals surface area (Å²) in [5.41, 5.74) is 6.17. The fourth-order valence-corrected chi connectivity index (χ4v) is 6.02. The average Bonchev–Trinajstić information content (AvgIpc) is 3.26. The van der Waals surface area contributed by atoms with Crippen molar-refractivity contribution < 1.29 is 23.5 Å². The first-order valence-electron chi connectivity index (χ1n) is 15.9. The summed E-state index contributed by atoms with van der Waals surface area (Å²) in [5, 5.41) is 3.18. The van der Waals surface area contributed by atoms with E-state index in [0.717, 1.165) is 29.8 Å². The number of fused-ring (bicyclic) bond motifs is 1. The van der Waals surface area contributed by atoms with E-state index in [1.54, 1.807) is 12.1 Å². The molecule has 4 atom stereocenters. The van der Waals surface area contributed by atoms with E-state index in [2.05, 4.69) is 68.2 Å². The molecule has 0 aliphatic carbocycles. The van der Waals surface area contributed by atoms with Crippen molar-refractivity contribution in [3.8, 4) is 5.75 Å². The lowest BCUT2D eigenvalue weighted by molar-refractivity contribution is -0.148. The Labute approximate surface area is 261 Å². The van der Waals surface area contributed by atoms with Crippen LogP contribution in [0.1, 0.15) is 99.0 Å². The number of benzene rings is 3. The average molecular weight is 603 g/mol. The summed E-state index contributed by atoms with van der Waals surface area (Å²) in [6, 6.07) is 19.4. The van der Waals surface area contributed by atoms with Crippen LogP contribution in [0.4, 0.5) is 10.1 Å². The van der Waals surface area contributed by atoms with Crippen LogP contribution in [0.5, 0.6) is 5.75 Å². The van der Waals surface area contributed by atoms with E-state index in [-0.39, 0.29) is 29.7 Å². The zero-order valence-corrected chi connectivity index (χ0v) is 27.2. The van der Waals surface area contributed by atoms with E-state index >= 15 is 0 Å². The zero-order chi connectivity index (χ0) is 32.0. The first-order chi connectivity index (χ1) is 21.0. The maximum Gasteiger partial charge on any atom is 0.346 e. The molecule has 44 heavy (non-hydrogen) atoms. The van der Waals surface area contributed by atoms with Crippen molar-refractivity contribution in [3.05, 3.63) is 94.3 Å². The van der Waals surface area contributed by atoms with Gasteiger partial charge in [-0.25, -0.2) is 9.18 Å². The molecule has 1 amide bonds. The number of nitrogens with one attached hydrogen (secondary N) is 1. The van der Waals surface area contributed by atoms with Gasteiger partial charge in [-0.1, -0.05) is 63.6 Å². The number of unbranched alkanes of at least 4 members (excludes halogenated alkanes) is 1. The molecule has 1 N–H and O–H groups in total. The molecular formula is C37H47FN2O4. The number of carbonyl (C=O) groups excluding carboxylic acids is 2. The SMILES string of the molecule is CCCCc1ccc([C@H](C)NC(=O)c2ccc3c(c2)N(CC(C)C)C(C)C3Cc2ccc(F)c(O[C@H](C)C(=O)OC)c2)cc1. The van der Waals surface area contributed by atoms with Gasteiger partial charge in [-0.2, -0.15) is 0 Å². The van der Waals surface area contributed by atoms with E-state index in [0.29, 0.717) is 17.9 Å². The van der Waals surface area contributed by atoms with Crippen molar-refractivity contribution in [1.29, 1.82) is 0 Å². The summed E-state index contributed by atoms with van der Waals surface area (Å²) in [7, 11) is 1.28. The molecule has 0 aromatic heterocycles. The van der Waals surface area contributed by atoms with Crippen molar-refractivity contribution >= 4 is 17.6 Å².